The number of benzene rings is 2. The molecule has 0 radical (unpaired) electrons. The Kier molecular flexibility index (Phi) is 6.45. The molecule has 0 aromatic heterocycles. The summed E-state index contributed by atoms with van der Waals surface area (Å²) in [6.45, 7) is 0.494. The normalized spacial score (nSPS) is 21.0. The third kappa shape index (κ3) is 5.26. The van der Waals surface area contributed by atoms with E-state index in [9.17, 15) is 21.2 Å². The fourth-order valence-corrected chi connectivity index (χ4v) is 7.91. The van der Waals surface area contributed by atoms with Crippen molar-refractivity contribution in [3.05, 3.63) is 54.3 Å². The van der Waals surface area contributed by atoms with Crippen LogP contribution in [0.4, 0.5) is 4.39 Å². The SMILES string of the molecule is COc1ccc(OCCNC2CS(=O)(=O)CC2S(=O)(=O)c2ccc(F)cc2)cc1. The number of rotatable bonds is 8. The van der Waals surface area contributed by atoms with Crippen LogP contribution in [0.1, 0.15) is 0 Å². The summed E-state index contributed by atoms with van der Waals surface area (Å²) in [6.07, 6.45) is 0. The fraction of sp³-hybridized carbons (Fsp3) is 0.368. The van der Waals surface area contributed by atoms with E-state index in [0.717, 1.165) is 24.3 Å². The Balaban J connectivity index is 1.64. The Morgan fingerprint density at radius 3 is 2.28 bits per heavy atom. The van der Waals surface area contributed by atoms with Gasteiger partial charge in [-0.15, -0.1) is 0 Å². The smallest absolute Gasteiger partial charge is 0.183 e. The van der Waals surface area contributed by atoms with Crippen LogP contribution in [0.3, 0.4) is 0 Å². The van der Waals surface area contributed by atoms with Crippen molar-refractivity contribution in [1.29, 1.82) is 0 Å². The summed E-state index contributed by atoms with van der Waals surface area (Å²) in [7, 11) is -5.89. The minimum absolute atomic E-state index is 0.0951. The first-order valence-electron chi connectivity index (χ1n) is 8.91. The number of hydrogen-bond donors (Lipinski definition) is 1. The first-order valence-corrected chi connectivity index (χ1v) is 12.3. The van der Waals surface area contributed by atoms with Crippen LogP contribution in [-0.2, 0) is 19.7 Å². The molecule has 158 valence electrons. The molecule has 3 rings (SSSR count). The maximum Gasteiger partial charge on any atom is 0.183 e. The van der Waals surface area contributed by atoms with Gasteiger partial charge in [0.15, 0.2) is 19.7 Å². The number of methoxy groups -OCH3 is 1. The van der Waals surface area contributed by atoms with E-state index in [1.165, 1.54) is 0 Å². The van der Waals surface area contributed by atoms with Gasteiger partial charge in [0.05, 0.1) is 28.8 Å². The van der Waals surface area contributed by atoms with E-state index in [1.807, 2.05) is 0 Å². The second-order valence-electron chi connectivity index (χ2n) is 6.70. The first-order chi connectivity index (χ1) is 13.7. The minimum Gasteiger partial charge on any atom is -0.497 e. The zero-order valence-corrected chi connectivity index (χ0v) is 17.4. The van der Waals surface area contributed by atoms with E-state index in [0.29, 0.717) is 11.5 Å². The molecule has 1 N–H and O–H groups in total. The van der Waals surface area contributed by atoms with Crippen LogP contribution in [0.5, 0.6) is 11.5 Å². The van der Waals surface area contributed by atoms with Crippen molar-refractivity contribution < 1.29 is 30.7 Å². The van der Waals surface area contributed by atoms with Crippen LogP contribution in [-0.4, -0.2) is 59.9 Å². The van der Waals surface area contributed by atoms with Gasteiger partial charge in [-0.05, 0) is 48.5 Å². The Bertz CT molecular complexity index is 1040. The molecule has 0 amide bonds. The Hall–Kier alpha value is -2.17. The molecule has 2 unspecified atom stereocenters. The van der Waals surface area contributed by atoms with Gasteiger partial charge in [0, 0.05) is 12.6 Å². The third-order valence-corrected chi connectivity index (χ3v) is 8.84. The summed E-state index contributed by atoms with van der Waals surface area (Å²) in [5.74, 6) is 0.000561. The Labute approximate surface area is 169 Å². The van der Waals surface area contributed by atoms with Crippen LogP contribution in [0.15, 0.2) is 53.4 Å². The molecule has 2 aromatic carbocycles. The summed E-state index contributed by atoms with van der Waals surface area (Å²) < 4.78 is 73.7. The van der Waals surface area contributed by atoms with Gasteiger partial charge in [0.2, 0.25) is 0 Å². The molecule has 10 heteroatoms. The molecule has 0 spiro atoms. The quantitative estimate of drug-likeness (QED) is 0.487. The van der Waals surface area contributed by atoms with E-state index < -0.39 is 42.5 Å². The summed E-state index contributed by atoms with van der Waals surface area (Å²) in [6, 6.07) is 10.6. The molecule has 29 heavy (non-hydrogen) atoms. The molecule has 2 aromatic rings. The van der Waals surface area contributed by atoms with E-state index in [1.54, 1.807) is 31.4 Å². The molecule has 0 saturated carbocycles. The molecule has 1 saturated heterocycles. The molecule has 7 nitrogen and oxygen atoms in total. The summed E-state index contributed by atoms with van der Waals surface area (Å²) in [4.78, 5) is -0.0951. The van der Waals surface area contributed by atoms with Crippen LogP contribution >= 0.6 is 0 Å². The van der Waals surface area contributed by atoms with Gasteiger partial charge in [0.1, 0.15) is 23.9 Å². The highest BCUT2D eigenvalue weighted by Crippen LogP contribution is 2.26. The second-order valence-corrected chi connectivity index (χ2v) is 11.0. The molecule has 2 atom stereocenters. The van der Waals surface area contributed by atoms with Crippen molar-refractivity contribution >= 4 is 19.7 Å². The standard InChI is InChI=1S/C19H22FNO6S2/c1-26-15-4-6-16(7-5-15)27-11-10-21-18-12-28(22,23)13-19(18)29(24,25)17-8-2-14(20)3-9-17/h2-9,18-19,21H,10-13H2,1H3. The molecular weight excluding hydrogens is 421 g/mol. The number of sulfone groups is 2. The van der Waals surface area contributed by atoms with Gasteiger partial charge in [-0.1, -0.05) is 0 Å². The van der Waals surface area contributed by atoms with Crippen LogP contribution in [0.25, 0.3) is 0 Å². The highest BCUT2D eigenvalue weighted by atomic mass is 32.2. The monoisotopic (exact) mass is 443 g/mol. The number of ether oxygens (including phenoxy) is 2. The zero-order chi connectivity index (χ0) is 21.1. The molecule has 1 aliphatic heterocycles. The summed E-state index contributed by atoms with van der Waals surface area (Å²) in [5, 5.41) is 1.85. The van der Waals surface area contributed by atoms with Crippen molar-refractivity contribution in [3.63, 3.8) is 0 Å². The van der Waals surface area contributed by atoms with Crippen molar-refractivity contribution in [3.8, 4) is 11.5 Å². The van der Waals surface area contributed by atoms with Gasteiger partial charge in [-0.3, -0.25) is 0 Å². The van der Waals surface area contributed by atoms with E-state index in [4.69, 9.17) is 9.47 Å². The van der Waals surface area contributed by atoms with Crippen LogP contribution in [0.2, 0.25) is 0 Å². The highest BCUT2D eigenvalue weighted by molar-refractivity contribution is 7.96. The van der Waals surface area contributed by atoms with E-state index >= 15 is 0 Å². The predicted octanol–water partition coefficient (Wildman–Crippen LogP) is 1.44. The van der Waals surface area contributed by atoms with Crippen molar-refractivity contribution in [1.82, 2.24) is 5.32 Å². The van der Waals surface area contributed by atoms with Gasteiger partial charge in [-0.2, -0.15) is 0 Å². The van der Waals surface area contributed by atoms with E-state index in [2.05, 4.69) is 5.32 Å². The topological polar surface area (TPSA) is 98.8 Å². The lowest BCUT2D eigenvalue weighted by atomic mass is 10.2. The lowest BCUT2D eigenvalue weighted by molar-refractivity contribution is 0.307. The summed E-state index contributed by atoms with van der Waals surface area (Å²) >= 11 is 0. The van der Waals surface area contributed by atoms with Crippen LogP contribution in [0, 0.1) is 5.82 Å². The molecule has 1 heterocycles. The largest absolute Gasteiger partial charge is 0.497 e. The minimum atomic E-state index is -3.94. The molecule has 1 aliphatic rings. The van der Waals surface area contributed by atoms with Gasteiger partial charge in [0.25, 0.3) is 0 Å². The van der Waals surface area contributed by atoms with Crippen molar-refractivity contribution in [2.24, 2.45) is 0 Å². The van der Waals surface area contributed by atoms with Gasteiger partial charge in [-0.25, -0.2) is 21.2 Å². The molecule has 0 aliphatic carbocycles. The Morgan fingerprint density at radius 2 is 1.66 bits per heavy atom. The van der Waals surface area contributed by atoms with Crippen molar-refractivity contribution in [2.45, 2.75) is 16.2 Å². The lowest BCUT2D eigenvalue weighted by Crippen LogP contribution is -2.44. The average molecular weight is 444 g/mol. The number of nitrogens with one attached hydrogen (secondary N) is 1. The third-order valence-electron chi connectivity index (χ3n) is 4.68. The predicted molar refractivity (Wildman–Crippen MR) is 106 cm³/mol. The Morgan fingerprint density at radius 1 is 1.03 bits per heavy atom. The van der Waals surface area contributed by atoms with Gasteiger partial charge >= 0.3 is 0 Å². The second kappa shape index (κ2) is 8.68. The highest BCUT2D eigenvalue weighted by Gasteiger charge is 2.45. The number of halogens is 1. The number of hydrogen-bond acceptors (Lipinski definition) is 7. The molecular formula is C19H22FNO6S2. The maximum absolute atomic E-state index is 13.1. The first kappa shape index (κ1) is 21.5. The maximum atomic E-state index is 13.1. The van der Waals surface area contributed by atoms with Gasteiger partial charge < -0.3 is 14.8 Å². The summed E-state index contributed by atoms with van der Waals surface area (Å²) in [5.41, 5.74) is 0. The van der Waals surface area contributed by atoms with Crippen LogP contribution < -0.4 is 14.8 Å². The average Bonchev–Trinajstić information content (AvgIpc) is 3.01. The zero-order valence-electron chi connectivity index (χ0n) is 15.7. The molecule has 0 bridgehead atoms. The molecule has 1 fully saturated rings. The fourth-order valence-electron chi connectivity index (χ4n) is 3.20. The van der Waals surface area contributed by atoms with E-state index in [-0.39, 0.29) is 23.8 Å². The lowest BCUT2D eigenvalue weighted by Gasteiger charge is -2.20. The van der Waals surface area contributed by atoms with Crippen molar-refractivity contribution in [2.75, 3.05) is 31.8 Å².